The number of nitro groups is 1. The SMILES string of the molecule is CCc1ccccc1NC(=O)CNC(=O)CNC(=O)c1cccc([N+](=O)[O-])c1. The number of aryl methyl sites for hydroxylation is 1. The molecule has 0 atom stereocenters. The normalized spacial score (nSPS) is 10.0. The highest BCUT2D eigenvalue weighted by Crippen LogP contribution is 2.15. The van der Waals surface area contributed by atoms with Gasteiger partial charge in [-0.25, -0.2) is 0 Å². The third-order valence-electron chi connectivity index (χ3n) is 3.85. The molecular formula is C19H20N4O5. The zero-order chi connectivity index (χ0) is 20.5. The van der Waals surface area contributed by atoms with Crippen LogP contribution in [0.2, 0.25) is 0 Å². The van der Waals surface area contributed by atoms with Gasteiger partial charge in [-0.15, -0.1) is 0 Å². The van der Waals surface area contributed by atoms with E-state index in [1.165, 1.54) is 18.2 Å². The minimum atomic E-state index is -0.625. The number of nitrogens with zero attached hydrogens (tertiary/aromatic N) is 1. The fraction of sp³-hybridized carbons (Fsp3) is 0.211. The molecule has 0 aliphatic heterocycles. The van der Waals surface area contributed by atoms with E-state index in [0.29, 0.717) is 5.69 Å². The first kappa shape index (κ1) is 20.6. The summed E-state index contributed by atoms with van der Waals surface area (Å²) in [6.45, 7) is 1.36. The van der Waals surface area contributed by atoms with Crippen molar-refractivity contribution in [2.75, 3.05) is 18.4 Å². The quantitative estimate of drug-likeness (QED) is 0.470. The summed E-state index contributed by atoms with van der Waals surface area (Å²) in [6, 6.07) is 12.5. The van der Waals surface area contributed by atoms with Crippen molar-refractivity contribution in [3.05, 3.63) is 69.8 Å². The predicted octanol–water partition coefficient (Wildman–Crippen LogP) is 1.64. The Morgan fingerprint density at radius 1 is 0.964 bits per heavy atom. The molecule has 0 spiro atoms. The Kier molecular flexibility index (Phi) is 7.21. The molecule has 28 heavy (non-hydrogen) atoms. The van der Waals surface area contributed by atoms with E-state index in [9.17, 15) is 24.5 Å². The summed E-state index contributed by atoms with van der Waals surface area (Å²) in [6.07, 6.45) is 0.756. The number of rotatable bonds is 8. The number of hydrogen-bond donors (Lipinski definition) is 3. The molecule has 3 N–H and O–H groups in total. The van der Waals surface area contributed by atoms with Crippen LogP contribution in [-0.4, -0.2) is 35.7 Å². The first-order valence-corrected chi connectivity index (χ1v) is 8.57. The molecule has 3 amide bonds. The van der Waals surface area contributed by atoms with Gasteiger partial charge in [0, 0.05) is 23.4 Å². The lowest BCUT2D eigenvalue weighted by Crippen LogP contribution is -2.40. The van der Waals surface area contributed by atoms with Gasteiger partial charge in [0.25, 0.3) is 11.6 Å². The third-order valence-corrected chi connectivity index (χ3v) is 3.85. The number of amides is 3. The molecule has 9 nitrogen and oxygen atoms in total. The molecule has 2 aromatic rings. The van der Waals surface area contributed by atoms with Gasteiger partial charge in [-0.05, 0) is 24.1 Å². The number of benzene rings is 2. The van der Waals surface area contributed by atoms with Gasteiger partial charge >= 0.3 is 0 Å². The van der Waals surface area contributed by atoms with Crippen molar-refractivity contribution < 1.29 is 19.3 Å². The number of carbonyl (C=O) groups is 3. The third kappa shape index (κ3) is 5.90. The number of carbonyl (C=O) groups excluding carboxylic acids is 3. The average Bonchev–Trinajstić information content (AvgIpc) is 2.70. The first-order chi connectivity index (χ1) is 13.4. The number of para-hydroxylation sites is 1. The maximum atomic E-state index is 12.0. The van der Waals surface area contributed by atoms with Crippen LogP contribution >= 0.6 is 0 Å². The molecule has 0 aromatic heterocycles. The maximum Gasteiger partial charge on any atom is 0.270 e. The van der Waals surface area contributed by atoms with Gasteiger partial charge in [0.2, 0.25) is 11.8 Å². The van der Waals surface area contributed by atoms with Crippen molar-refractivity contribution >= 4 is 29.1 Å². The number of nitrogens with one attached hydrogen (secondary N) is 3. The highest BCUT2D eigenvalue weighted by Gasteiger charge is 2.13. The molecule has 0 saturated heterocycles. The van der Waals surface area contributed by atoms with E-state index in [1.54, 1.807) is 12.1 Å². The van der Waals surface area contributed by atoms with Crippen LogP contribution in [0, 0.1) is 10.1 Å². The highest BCUT2D eigenvalue weighted by atomic mass is 16.6. The van der Waals surface area contributed by atoms with Gasteiger partial charge in [0.05, 0.1) is 18.0 Å². The fourth-order valence-electron chi connectivity index (χ4n) is 2.41. The Morgan fingerprint density at radius 2 is 1.68 bits per heavy atom. The van der Waals surface area contributed by atoms with Crippen molar-refractivity contribution in [3.63, 3.8) is 0 Å². The Morgan fingerprint density at radius 3 is 2.39 bits per heavy atom. The monoisotopic (exact) mass is 384 g/mol. The van der Waals surface area contributed by atoms with Crippen molar-refractivity contribution in [1.82, 2.24) is 10.6 Å². The highest BCUT2D eigenvalue weighted by molar-refractivity contribution is 5.98. The van der Waals surface area contributed by atoms with Gasteiger partial charge in [0.1, 0.15) is 0 Å². The molecule has 146 valence electrons. The number of non-ortho nitro benzene ring substituents is 1. The minimum Gasteiger partial charge on any atom is -0.345 e. The largest absolute Gasteiger partial charge is 0.345 e. The lowest BCUT2D eigenvalue weighted by atomic mass is 10.1. The molecule has 0 aliphatic carbocycles. The van der Waals surface area contributed by atoms with Gasteiger partial charge < -0.3 is 16.0 Å². The van der Waals surface area contributed by atoms with Crippen LogP contribution in [0.1, 0.15) is 22.8 Å². The topological polar surface area (TPSA) is 130 Å². The molecule has 0 unspecified atom stereocenters. The summed E-state index contributed by atoms with van der Waals surface area (Å²) in [5.74, 6) is -1.57. The Bertz CT molecular complexity index is 897. The molecule has 2 aromatic carbocycles. The van der Waals surface area contributed by atoms with E-state index >= 15 is 0 Å². The second kappa shape index (κ2) is 9.81. The van der Waals surface area contributed by atoms with Crippen LogP contribution in [0.25, 0.3) is 0 Å². The van der Waals surface area contributed by atoms with E-state index in [2.05, 4.69) is 16.0 Å². The van der Waals surface area contributed by atoms with Crippen LogP contribution < -0.4 is 16.0 Å². The zero-order valence-corrected chi connectivity index (χ0v) is 15.2. The van der Waals surface area contributed by atoms with Crippen LogP contribution in [0.3, 0.4) is 0 Å². The van der Waals surface area contributed by atoms with Crippen LogP contribution in [0.5, 0.6) is 0 Å². The second-order valence-electron chi connectivity index (χ2n) is 5.83. The van der Waals surface area contributed by atoms with E-state index in [4.69, 9.17) is 0 Å². The molecule has 0 fully saturated rings. The molecular weight excluding hydrogens is 364 g/mol. The molecule has 0 bridgehead atoms. The van der Waals surface area contributed by atoms with Crippen molar-refractivity contribution in [2.24, 2.45) is 0 Å². The summed E-state index contributed by atoms with van der Waals surface area (Å²) < 4.78 is 0. The van der Waals surface area contributed by atoms with E-state index in [0.717, 1.165) is 18.1 Å². The van der Waals surface area contributed by atoms with E-state index in [1.807, 2.05) is 19.1 Å². The predicted molar refractivity (Wildman–Crippen MR) is 103 cm³/mol. The number of hydrogen-bond acceptors (Lipinski definition) is 5. The van der Waals surface area contributed by atoms with Crippen LogP contribution in [-0.2, 0) is 16.0 Å². The summed E-state index contributed by atoms with van der Waals surface area (Å²) >= 11 is 0. The molecule has 0 radical (unpaired) electrons. The average molecular weight is 384 g/mol. The lowest BCUT2D eigenvalue weighted by molar-refractivity contribution is -0.384. The van der Waals surface area contributed by atoms with Crippen molar-refractivity contribution in [2.45, 2.75) is 13.3 Å². The molecule has 0 heterocycles. The molecule has 2 rings (SSSR count). The molecule has 0 saturated carbocycles. The van der Waals surface area contributed by atoms with Gasteiger partial charge in [-0.3, -0.25) is 24.5 Å². The summed E-state index contributed by atoms with van der Waals surface area (Å²) in [7, 11) is 0. The molecule has 9 heteroatoms. The fourth-order valence-corrected chi connectivity index (χ4v) is 2.41. The molecule has 0 aliphatic rings. The Labute approximate surface area is 161 Å². The Hall–Kier alpha value is -3.75. The van der Waals surface area contributed by atoms with Gasteiger partial charge in [0.15, 0.2) is 0 Å². The Balaban J connectivity index is 1.79. The lowest BCUT2D eigenvalue weighted by Gasteiger charge is -2.10. The smallest absolute Gasteiger partial charge is 0.270 e. The van der Waals surface area contributed by atoms with Crippen LogP contribution in [0.4, 0.5) is 11.4 Å². The number of anilines is 1. The van der Waals surface area contributed by atoms with E-state index in [-0.39, 0.29) is 30.2 Å². The summed E-state index contributed by atoms with van der Waals surface area (Å²) in [4.78, 5) is 45.9. The second-order valence-corrected chi connectivity index (χ2v) is 5.83. The zero-order valence-electron chi connectivity index (χ0n) is 15.2. The maximum absolute atomic E-state index is 12.0. The van der Waals surface area contributed by atoms with Crippen molar-refractivity contribution in [3.8, 4) is 0 Å². The van der Waals surface area contributed by atoms with Crippen molar-refractivity contribution in [1.29, 1.82) is 0 Å². The number of nitro benzene ring substituents is 1. The standard InChI is InChI=1S/C19H20N4O5/c1-2-13-6-3-4-9-16(13)22-18(25)12-20-17(24)11-21-19(26)14-7-5-8-15(10-14)23(27)28/h3-10H,2,11-12H2,1H3,(H,20,24)(H,21,26)(H,22,25). The van der Waals surface area contributed by atoms with Gasteiger partial charge in [-0.2, -0.15) is 0 Å². The summed E-state index contributed by atoms with van der Waals surface area (Å²) in [5, 5.41) is 18.2. The van der Waals surface area contributed by atoms with Crippen LogP contribution in [0.15, 0.2) is 48.5 Å². The first-order valence-electron chi connectivity index (χ1n) is 8.57. The van der Waals surface area contributed by atoms with Gasteiger partial charge in [-0.1, -0.05) is 31.2 Å². The minimum absolute atomic E-state index is 0.0657. The van der Waals surface area contributed by atoms with E-state index < -0.39 is 16.7 Å². The summed E-state index contributed by atoms with van der Waals surface area (Å²) in [5.41, 5.74) is 1.51.